The molecule has 0 spiro atoms. The molecule has 1 aromatic heterocycles. The van der Waals surface area contributed by atoms with Gasteiger partial charge in [0.2, 0.25) is 11.8 Å². The van der Waals surface area contributed by atoms with Crippen molar-refractivity contribution in [1.82, 2.24) is 34.9 Å². The van der Waals surface area contributed by atoms with Crippen molar-refractivity contribution in [3.05, 3.63) is 53.4 Å². The summed E-state index contributed by atoms with van der Waals surface area (Å²) in [6.45, 7) is 15.5. The number of piperazine rings is 1. The Kier molecular flexibility index (Phi) is 13.8. The van der Waals surface area contributed by atoms with Gasteiger partial charge in [-0.2, -0.15) is 0 Å². The van der Waals surface area contributed by atoms with Crippen molar-refractivity contribution in [1.29, 1.82) is 0 Å². The minimum absolute atomic E-state index is 0.141. The van der Waals surface area contributed by atoms with Gasteiger partial charge in [-0.1, -0.05) is 77.4 Å². The van der Waals surface area contributed by atoms with Crippen LogP contribution >= 0.6 is 11.6 Å². The number of nitrogens with one attached hydrogen (secondary N) is 3. The second-order valence-electron chi connectivity index (χ2n) is 17.6. The zero-order valence-corrected chi connectivity index (χ0v) is 36.5. The number of aromatic nitrogens is 2. The van der Waals surface area contributed by atoms with Crippen LogP contribution in [0.25, 0.3) is 22.4 Å². The zero-order valence-electron chi connectivity index (χ0n) is 35.7. The number of alkyl carbamates (subject to hydrolysis) is 1. The molecule has 4 heterocycles. The second kappa shape index (κ2) is 18.5. The molecule has 18 heteroatoms. The van der Waals surface area contributed by atoms with Crippen molar-refractivity contribution < 1.29 is 41.8 Å². The number of alkyl halides is 3. The Balaban J connectivity index is 1.11. The monoisotopic (exact) mass is 872 g/mol. The zero-order chi connectivity index (χ0) is 44.4. The van der Waals surface area contributed by atoms with Crippen LogP contribution in [-0.4, -0.2) is 125 Å². The van der Waals surface area contributed by atoms with Crippen molar-refractivity contribution in [3.63, 3.8) is 0 Å². The number of hydrogen-bond acceptors (Lipinski definition) is 8. The highest BCUT2D eigenvalue weighted by Gasteiger charge is 2.41. The van der Waals surface area contributed by atoms with E-state index in [9.17, 15) is 32.3 Å². The Hall–Kier alpha value is -5.03. The second-order valence-corrected chi connectivity index (χ2v) is 17.9. The number of nitrogens with zero attached hydrogens (tertiary/aromatic N) is 5. The third kappa shape index (κ3) is 10.9. The molecule has 0 aliphatic carbocycles. The molecule has 14 nitrogen and oxygen atoms in total. The van der Waals surface area contributed by atoms with Gasteiger partial charge in [-0.15, -0.1) is 13.2 Å². The molecular formula is C43H56ClF3N8O6. The van der Waals surface area contributed by atoms with Gasteiger partial charge in [-0.05, 0) is 48.8 Å². The van der Waals surface area contributed by atoms with Gasteiger partial charge < -0.3 is 39.8 Å². The van der Waals surface area contributed by atoms with Crippen molar-refractivity contribution in [2.45, 2.75) is 85.3 Å². The minimum Gasteiger partial charge on any atom is -0.453 e. The van der Waals surface area contributed by atoms with Gasteiger partial charge in [0.1, 0.15) is 28.5 Å². The van der Waals surface area contributed by atoms with E-state index in [1.54, 1.807) is 34.1 Å². The Bertz CT molecular complexity index is 2060. The van der Waals surface area contributed by atoms with E-state index < -0.39 is 41.7 Å². The lowest BCUT2D eigenvalue weighted by Gasteiger charge is -2.43. The molecule has 3 aliphatic heterocycles. The van der Waals surface area contributed by atoms with Crippen LogP contribution in [0.4, 0.5) is 28.4 Å². The minimum atomic E-state index is -5.00. The van der Waals surface area contributed by atoms with Crippen LogP contribution in [0.5, 0.6) is 5.75 Å². The lowest BCUT2D eigenvalue weighted by molar-refractivity contribution is -0.274. The number of hydrogen-bond donors (Lipinski definition) is 3. The quantitative estimate of drug-likeness (QED) is 0.197. The van der Waals surface area contributed by atoms with E-state index in [1.165, 1.54) is 19.2 Å². The fraction of sp³-hybridized carbons (Fsp3) is 0.558. The first-order chi connectivity index (χ1) is 28.7. The standard InChI is InChI=1S/C43H56ClF3N8O6/c1-25(2)34(50-41(59)60-7)38(56)55-24-26(3)22-32(55)37-49-35(36(44)51-37)28-10-8-27(9-11-28)31-13-12-29(23-33(31)61-43(45,46)47)48-40(58)54-20-18-52(19-21-54)30-14-16-53(17-15-30)39(57)42(4,5)6/h8-13,23,25-26,30,32,34H,14-22,24H2,1-7H3,(H,48,58)(H,49,51)(H,50,59). The Labute approximate surface area is 359 Å². The Morgan fingerprint density at radius 1 is 0.918 bits per heavy atom. The summed E-state index contributed by atoms with van der Waals surface area (Å²) in [5.41, 5.74) is 1.26. The summed E-state index contributed by atoms with van der Waals surface area (Å²) in [7, 11) is 1.24. The average molecular weight is 873 g/mol. The molecule has 3 fully saturated rings. The highest BCUT2D eigenvalue weighted by molar-refractivity contribution is 6.32. The number of halogens is 4. The van der Waals surface area contributed by atoms with Gasteiger partial charge in [-0.3, -0.25) is 14.5 Å². The van der Waals surface area contributed by atoms with E-state index in [-0.39, 0.29) is 40.1 Å². The van der Waals surface area contributed by atoms with Crippen LogP contribution in [0.15, 0.2) is 42.5 Å². The molecule has 6 rings (SSSR count). The summed E-state index contributed by atoms with van der Waals surface area (Å²) in [6.07, 6.45) is -3.37. The van der Waals surface area contributed by atoms with Gasteiger partial charge >= 0.3 is 18.5 Å². The molecule has 3 unspecified atom stereocenters. The number of carbonyl (C=O) groups is 4. The number of likely N-dealkylation sites (tertiary alicyclic amines) is 2. The molecule has 5 amide bonds. The molecule has 0 saturated carbocycles. The van der Waals surface area contributed by atoms with Crippen LogP contribution < -0.4 is 15.4 Å². The first-order valence-electron chi connectivity index (χ1n) is 20.7. The Morgan fingerprint density at radius 3 is 2.15 bits per heavy atom. The van der Waals surface area contributed by atoms with Crippen molar-refractivity contribution in [2.24, 2.45) is 17.3 Å². The molecule has 332 valence electrons. The van der Waals surface area contributed by atoms with Crippen LogP contribution in [0.2, 0.25) is 5.15 Å². The third-order valence-corrected chi connectivity index (χ3v) is 11.9. The molecule has 2 aromatic carbocycles. The van der Waals surface area contributed by atoms with Crippen molar-refractivity contribution in [2.75, 3.05) is 58.2 Å². The number of urea groups is 1. The SMILES string of the molecule is COC(=O)NC(C(=O)N1CC(C)CC1c1nc(-c2ccc(-c3ccc(NC(=O)N4CCN(C5CCN(C(=O)C(C)(C)C)CC5)CC4)cc3OC(F)(F)F)cc2)c(Cl)[nH]1)C(C)C. The number of ether oxygens (including phenoxy) is 2. The summed E-state index contributed by atoms with van der Waals surface area (Å²) in [6, 6.07) is 9.40. The number of imidazole rings is 1. The Morgan fingerprint density at radius 2 is 1.56 bits per heavy atom. The highest BCUT2D eigenvalue weighted by atomic mass is 35.5. The lowest BCUT2D eigenvalue weighted by Crippen LogP contribution is -2.56. The number of anilines is 1. The molecule has 0 bridgehead atoms. The van der Waals surface area contributed by atoms with E-state index in [2.05, 4.69) is 25.3 Å². The first-order valence-corrected chi connectivity index (χ1v) is 21.1. The molecule has 3 saturated heterocycles. The van der Waals surface area contributed by atoms with Crippen molar-refractivity contribution >= 4 is 41.2 Å². The lowest BCUT2D eigenvalue weighted by atomic mass is 9.92. The normalized spacial score (nSPS) is 19.8. The van der Waals surface area contributed by atoms with Gasteiger partial charge in [0.25, 0.3) is 0 Å². The summed E-state index contributed by atoms with van der Waals surface area (Å²) >= 11 is 6.67. The number of aromatic amines is 1. The van der Waals surface area contributed by atoms with Gasteiger partial charge in [0.15, 0.2) is 0 Å². The average Bonchev–Trinajstić information content (AvgIpc) is 3.80. The maximum absolute atomic E-state index is 13.7. The summed E-state index contributed by atoms with van der Waals surface area (Å²) in [5, 5.41) is 5.60. The molecule has 0 radical (unpaired) electrons. The van der Waals surface area contributed by atoms with Gasteiger partial charge in [0, 0.05) is 80.2 Å². The van der Waals surface area contributed by atoms with Crippen molar-refractivity contribution in [3.8, 4) is 28.1 Å². The number of benzene rings is 2. The molecular weight excluding hydrogens is 817 g/mol. The molecule has 61 heavy (non-hydrogen) atoms. The van der Waals surface area contributed by atoms with E-state index >= 15 is 0 Å². The molecule has 3 N–H and O–H groups in total. The van der Waals surface area contributed by atoms with Gasteiger partial charge in [-0.25, -0.2) is 14.6 Å². The topological polar surface area (TPSA) is 152 Å². The smallest absolute Gasteiger partial charge is 0.453 e. The fourth-order valence-electron chi connectivity index (χ4n) is 8.40. The largest absolute Gasteiger partial charge is 0.573 e. The van der Waals surface area contributed by atoms with Gasteiger partial charge in [0.05, 0.1) is 13.2 Å². The van der Waals surface area contributed by atoms with E-state index in [0.717, 1.165) is 18.9 Å². The number of methoxy groups -OCH3 is 1. The third-order valence-electron chi connectivity index (χ3n) is 11.6. The number of rotatable bonds is 9. The number of carbonyl (C=O) groups excluding carboxylic acids is 4. The predicted octanol–water partition coefficient (Wildman–Crippen LogP) is 7.77. The first kappa shape index (κ1) is 45.5. The summed E-state index contributed by atoms with van der Waals surface area (Å²) in [4.78, 5) is 67.3. The summed E-state index contributed by atoms with van der Waals surface area (Å²) in [5.74, 6) is -0.208. The number of H-pyrrole nitrogens is 1. The van der Waals surface area contributed by atoms with Crippen LogP contribution in [0.1, 0.15) is 72.7 Å². The fourth-order valence-corrected chi connectivity index (χ4v) is 8.65. The predicted molar refractivity (Wildman–Crippen MR) is 225 cm³/mol. The maximum atomic E-state index is 13.7. The van der Waals surface area contributed by atoms with Crippen LogP contribution in [0, 0.1) is 17.3 Å². The highest BCUT2D eigenvalue weighted by Crippen LogP contribution is 2.40. The number of piperidine rings is 1. The number of amides is 5. The molecule has 3 aromatic rings. The maximum Gasteiger partial charge on any atom is 0.573 e. The van der Waals surface area contributed by atoms with E-state index in [4.69, 9.17) is 21.3 Å². The van der Waals surface area contributed by atoms with Crippen LogP contribution in [0.3, 0.4) is 0 Å². The van der Waals surface area contributed by atoms with E-state index in [1.807, 2.05) is 46.4 Å². The van der Waals surface area contributed by atoms with Crippen LogP contribution in [-0.2, 0) is 14.3 Å². The summed E-state index contributed by atoms with van der Waals surface area (Å²) < 4.78 is 50.4. The molecule has 3 atom stereocenters. The van der Waals surface area contributed by atoms with E-state index in [0.29, 0.717) is 80.9 Å². The molecule has 3 aliphatic rings.